The van der Waals surface area contributed by atoms with Crippen molar-refractivity contribution in [3.05, 3.63) is 65.4 Å². The first kappa shape index (κ1) is 17.3. The molecule has 1 aliphatic heterocycles. The maximum absolute atomic E-state index is 12.2. The highest BCUT2D eigenvalue weighted by molar-refractivity contribution is 6.00. The van der Waals surface area contributed by atoms with E-state index in [1.807, 2.05) is 30.3 Å². The summed E-state index contributed by atoms with van der Waals surface area (Å²) >= 11 is 0. The van der Waals surface area contributed by atoms with Gasteiger partial charge in [-0.3, -0.25) is 20.4 Å². The number of carbonyl (C=O) groups excluding carboxylic acids is 2. The number of rotatable bonds is 4. The molecule has 3 rings (SSSR count). The van der Waals surface area contributed by atoms with Crippen LogP contribution in [0.15, 0.2) is 54.3 Å². The Balaban J connectivity index is 1.63. The molecule has 26 heavy (non-hydrogen) atoms. The first-order chi connectivity index (χ1) is 12.7. The largest absolute Gasteiger partial charge is 0.491 e. The predicted octanol–water partition coefficient (Wildman–Crippen LogP) is 1.91. The molecule has 2 N–H and O–H groups in total. The van der Waals surface area contributed by atoms with E-state index in [9.17, 15) is 9.59 Å². The lowest BCUT2D eigenvalue weighted by Gasteiger charge is -2.18. The van der Waals surface area contributed by atoms with Gasteiger partial charge in [0.25, 0.3) is 5.91 Å². The highest BCUT2D eigenvalue weighted by Crippen LogP contribution is 2.30. The number of nitrogens with one attached hydrogen (secondary N) is 2. The predicted molar refractivity (Wildman–Crippen MR) is 94.5 cm³/mol. The molecule has 2 amide bonds. The van der Waals surface area contributed by atoms with Gasteiger partial charge < -0.3 is 14.2 Å². The van der Waals surface area contributed by atoms with Gasteiger partial charge in [-0.15, -0.1) is 0 Å². The zero-order chi connectivity index (χ0) is 18.4. The number of hydrazine groups is 1. The molecule has 0 atom stereocenters. The molecule has 0 saturated heterocycles. The smallest absolute Gasteiger partial charge is 0.304 e. The second-order valence-electron chi connectivity index (χ2n) is 5.39. The van der Waals surface area contributed by atoms with Crippen LogP contribution in [-0.4, -0.2) is 32.1 Å². The lowest BCUT2D eigenvalue weighted by molar-refractivity contribution is -0.121. The van der Waals surface area contributed by atoms with Crippen molar-refractivity contribution in [1.82, 2.24) is 10.9 Å². The van der Waals surface area contributed by atoms with E-state index < -0.39 is 11.8 Å². The maximum atomic E-state index is 12.2. The summed E-state index contributed by atoms with van der Waals surface area (Å²) in [6, 6.07) is 14.0. The van der Waals surface area contributed by atoms with E-state index in [0.29, 0.717) is 30.3 Å². The average Bonchev–Trinajstić information content (AvgIpc) is 2.70. The molecule has 0 aliphatic carbocycles. The van der Waals surface area contributed by atoms with Crippen LogP contribution >= 0.6 is 0 Å². The molecule has 2 aromatic carbocycles. The van der Waals surface area contributed by atoms with Crippen LogP contribution in [-0.2, 0) is 9.53 Å². The van der Waals surface area contributed by atoms with Gasteiger partial charge in [-0.1, -0.05) is 30.3 Å². The summed E-state index contributed by atoms with van der Waals surface area (Å²) in [7, 11) is 1.39. The minimum absolute atomic E-state index is 0.0682. The Morgan fingerprint density at radius 2 is 1.73 bits per heavy atom. The SMILES string of the molecule is CO/C(=C/c1ccccc1)C(=O)NNC(=O)c1ccc2c(c1)OCCO2. The third kappa shape index (κ3) is 4.13. The molecule has 0 spiro atoms. The summed E-state index contributed by atoms with van der Waals surface area (Å²) in [6.07, 6.45) is 1.57. The van der Waals surface area contributed by atoms with Crippen molar-refractivity contribution < 1.29 is 23.8 Å². The fraction of sp³-hybridized carbons (Fsp3) is 0.158. The zero-order valence-electron chi connectivity index (χ0n) is 14.2. The normalized spacial score (nSPS) is 12.9. The lowest BCUT2D eigenvalue weighted by atomic mass is 10.2. The number of hydrogen-bond donors (Lipinski definition) is 2. The van der Waals surface area contributed by atoms with Crippen LogP contribution in [0.1, 0.15) is 15.9 Å². The molecular formula is C19H18N2O5. The second-order valence-corrected chi connectivity index (χ2v) is 5.39. The fourth-order valence-electron chi connectivity index (χ4n) is 2.35. The molecule has 0 unspecified atom stereocenters. The van der Waals surface area contributed by atoms with E-state index in [0.717, 1.165) is 5.56 Å². The summed E-state index contributed by atoms with van der Waals surface area (Å²) in [5.41, 5.74) is 5.82. The van der Waals surface area contributed by atoms with Crippen LogP contribution in [0.5, 0.6) is 11.5 Å². The third-order valence-corrected chi connectivity index (χ3v) is 3.63. The molecule has 0 saturated carbocycles. The zero-order valence-corrected chi connectivity index (χ0v) is 14.2. The van der Waals surface area contributed by atoms with Crippen molar-refractivity contribution in [2.75, 3.05) is 20.3 Å². The minimum Gasteiger partial charge on any atom is -0.491 e. The highest BCUT2D eigenvalue weighted by atomic mass is 16.6. The summed E-state index contributed by atoms with van der Waals surface area (Å²) < 4.78 is 15.9. The summed E-state index contributed by atoms with van der Waals surface area (Å²) in [4.78, 5) is 24.4. The van der Waals surface area contributed by atoms with Gasteiger partial charge >= 0.3 is 5.91 Å². The fourth-order valence-corrected chi connectivity index (χ4v) is 2.35. The van der Waals surface area contributed by atoms with Crippen molar-refractivity contribution in [3.8, 4) is 11.5 Å². The van der Waals surface area contributed by atoms with E-state index in [1.54, 1.807) is 24.3 Å². The Hall–Kier alpha value is -3.48. The molecule has 7 nitrogen and oxygen atoms in total. The topological polar surface area (TPSA) is 85.9 Å². The minimum atomic E-state index is -0.567. The van der Waals surface area contributed by atoms with Crippen LogP contribution in [0.25, 0.3) is 6.08 Å². The van der Waals surface area contributed by atoms with Crippen molar-refractivity contribution in [1.29, 1.82) is 0 Å². The van der Waals surface area contributed by atoms with Crippen LogP contribution in [0.3, 0.4) is 0 Å². The van der Waals surface area contributed by atoms with E-state index in [4.69, 9.17) is 14.2 Å². The quantitative estimate of drug-likeness (QED) is 0.498. The molecule has 134 valence electrons. The highest BCUT2D eigenvalue weighted by Gasteiger charge is 2.16. The van der Waals surface area contributed by atoms with Gasteiger partial charge in [-0.25, -0.2) is 0 Å². The number of fused-ring (bicyclic) bond motifs is 1. The Morgan fingerprint density at radius 3 is 2.46 bits per heavy atom. The molecule has 1 aliphatic rings. The molecule has 7 heteroatoms. The monoisotopic (exact) mass is 354 g/mol. The number of hydrogen-bond acceptors (Lipinski definition) is 5. The van der Waals surface area contributed by atoms with Gasteiger partial charge in [0.2, 0.25) is 0 Å². The van der Waals surface area contributed by atoms with Gasteiger partial charge in [0, 0.05) is 5.56 Å². The average molecular weight is 354 g/mol. The van der Waals surface area contributed by atoms with Crippen LogP contribution in [0.4, 0.5) is 0 Å². The number of amides is 2. The van der Waals surface area contributed by atoms with Crippen molar-refractivity contribution in [2.45, 2.75) is 0 Å². The molecular weight excluding hydrogens is 336 g/mol. The molecule has 0 bridgehead atoms. The summed E-state index contributed by atoms with van der Waals surface area (Å²) in [6.45, 7) is 0.901. The van der Waals surface area contributed by atoms with Gasteiger partial charge in [0.05, 0.1) is 7.11 Å². The molecule has 0 fully saturated rings. The Labute approximate surface area is 150 Å². The van der Waals surface area contributed by atoms with Crippen molar-refractivity contribution in [2.24, 2.45) is 0 Å². The maximum Gasteiger partial charge on any atom is 0.304 e. The summed E-state index contributed by atoms with van der Waals surface area (Å²) in [5.74, 6) is 0.104. The number of ether oxygens (including phenoxy) is 3. The molecule has 0 radical (unpaired) electrons. The molecule has 0 aromatic heterocycles. The van der Waals surface area contributed by atoms with E-state index in [1.165, 1.54) is 7.11 Å². The number of methoxy groups -OCH3 is 1. The standard InChI is InChI=1S/C19H18N2O5/c1-24-17(11-13-5-3-2-4-6-13)19(23)21-20-18(22)14-7-8-15-16(12-14)26-10-9-25-15/h2-8,11-12H,9-10H2,1H3,(H,20,22)(H,21,23)/b17-11+. The molecule has 1 heterocycles. The Kier molecular flexibility index (Phi) is 5.38. The van der Waals surface area contributed by atoms with Crippen LogP contribution in [0.2, 0.25) is 0 Å². The van der Waals surface area contributed by atoms with Gasteiger partial charge in [0.1, 0.15) is 13.2 Å². The van der Waals surface area contributed by atoms with Crippen molar-refractivity contribution in [3.63, 3.8) is 0 Å². The first-order valence-electron chi connectivity index (χ1n) is 7.98. The van der Waals surface area contributed by atoms with Crippen molar-refractivity contribution >= 4 is 17.9 Å². The Morgan fingerprint density at radius 1 is 1.00 bits per heavy atom. The van der Waals surface area contributed by atoms with Crippen LogP contribution < -0.4 is 20.3 Å². The summed E-state index contributed by atoms with van der Waals surface area (Å²) in [5, 5.41) is 0. The first-order valence-corrected chi connectivity index (χ1v) is 7.98. The van der Waals surface area contributed by atoms with E-state index in [2.05, 4.69) is 10.9 Å². The Bertz CT molecular complexity index is 833. The van der Waals surface area contributed by atoms with Gasteiger partial charge in [-0.2, -0.15) is 0 Å². The van der Waals surface area contributed by atoms with E-state index >= 15 is 0 Å². The van der Waals surface area contributed by atoms with Gasteiger partial charge in [-0.05, 0) is 29.8 Å². The number of carbonyl (C=O) groups is 2. The van der Waals surface area contributed by atoms with E-state index in [-0.39, 0.29) is 5.76 Å². The van der Waals surface area contributed by atoms with Crippen LogP contribution in [0, 0.1) is 0 Å². The number of benzene rings is 2. The lowest BCUT2D eigenvalue weighted by Crippen LogP contribution is -2.42. The molecule has 2 aromatic rings. The second kappa shape index (κ2) is 8.06. The van der Waals surface area contributed by atoms with Gasteiger partial charge in [0.15, 0.2) is 17.3 Å². The third-order valence-electron chi connectivity index (χ3n) is 3.63.